The molecule has 86 valence electrons. The van der Waals surface area contributed by atoms with Gasteiger partial charge in [-0.3, -0.25) is 4.79 Å². The molecular formula is C13H11FN2O. The number of carbonyl (C=O) groups excluding carboxylic acids is 1. The molecule has 4 heteroatoms. The second kappa shape index (κ2) is 6.23. The highest BCUT2D eigenvalue weighted by Crippen LogP contribution is 2.11. The van der Waals surface area contributed by atoms with Crippen molar-refractivity contribution in [1.82, 2.24) is 5.32 Å². The van der Waals surface area contributed by atoms with Crippen LogP contribution in [0.1, 0.15) is 5.56 Å². The lowest BCUT2D eigenvalue weighted by atomic mass is 10.1. The number of benzene rings is 1. The van der Waals surface area contributed by atoms with Crippen LogP contribution in [0.25, 0.3) is 6.08 Å². The summed E-state index contributed by atoms with van der Waals surface area (Å²) >= 11 is 0. The maximum atomic E-state index is 13.3. The molecule has 0 aliphatic heterocycles. The lowest BCUT2D eigenvalue weighted by molar-refractivity contribution is -0.116. The van der Waals surface area contributed by atoms with Gasteiger partial charge in [-0.25, -0.2) is 4.39 Å². The van der Waals surface area contributed by atoms with Gasteiger partial charge in [-0.05, 0) is 12.1 Å². The molecular weight excluding hydrogens is 219 g/mol. The van der Waals surface area contributed by atoms with Gasteiger partial charge in [0.1, 0.15) is 17.5 Å². The van der Waals surface area contributed by atoms with Gasteiger partial charge in [-0.2, -0.15) is 5.26 Å². The van der Waals surface area contributed by atoms with Crippen LogP contribution in [0.2, 0.25) is 0 Å². The topological polar surface area (TPSA) is 52.9 Å². The van der Waals surface area contributed by atoms with Gasteiger partial charge >= 0.3 is 0 Å². The molecule has 0 heterocycles. The van der Waals surface area contributed by atoms with E-state index in [1.165, 1.54) is 30.4 Å². The number of nitrogens with one attached hydrogen (secondary N) is 1. The molecule has 0 saturated carbocycles. The molecule has 0 fully saturated rings. The average Bonchev–Trinajstić information content (AvgIpc) is 2.35. The quantitative estimate of drug-likeness (QED) is 0.489. The predicted octanol–water partition coefficient (Wildman–Crippen LogP) is 2.03. The first-order valence-electron chi connectivity index (χ1n) is 4.94. The molecule has 0 aliphatic carbocycles. The van der Waals surface area contributed by atoms with Crippen LogP contribution in [0.5, 0.6) is 0 Å². The van der Waals surface area contributed by atoms with E-state index in [0.29, 0.717) is 0 Å². The van der Waals surface area contributed by atoms with Gasteiger partial charge in [0, 0.05) is 12.1 Å². The first-order chi connectivity index (χ1) is 8.19. The van der Waals surface area contributed by atoms with Gasteiger partial charge in [-0.1, -0.05) is 24.3 Å². The fourth-order valence-corrected chi connectivity index (χ4v) is 1.16. The van der Waals surface area contributed by atoms with Crippen LogP contribution in [-0.4, -0.2) is 12.5 Å². The zero-order valence-electron chi connectivity index (χ0n) is 9.11. The molecule has 0 bridgehead atoms. The number of nitrogens with zero attached hydrogens (tertiary/aromatic N) is 1. The van der Waals surface area contributed by atoms with E-state index in [4.69, 9.17) is 5.26 Å². The Morgan fingerprint density at radius 1 is 1.53 bits per heavy atom. The number of carbonyl (C=O) groups is 1. The van der Waals surface area contributed by atoms with Crippen molar-refractivity contribution < 1.29 is 9.18 Å². The van der Waals surface area contributed by atoms with Crippen LogP contribution < -0.4 is 5.32 Å². The predicted molar refractivity (Wildman–Crippen MR) is 63.2 cm³/mol. The lowest BCUT2D eigenvalue weighted by Crippen LogP contribution is -2.24. The summed E-state index contributed by atoms with van der Waals surface area (Å²) in [7, 11) is 0. The van der Waals surface area contributed by atoms with E-state index in [9.17, 15) is 9.18 Å². The molecule has 1 aromatic rings. The van der Waals surface area contributed by atoms with E-state index >= 15 is 0 Å². The molecule has 0 atom stereocenters. The molecule has 0 aromatic heterocycles. The minimum Gasteiger partial charge on any atom is -0.348 e. The largest absolute Gasteiger partial charge is 0.348 e. The molecule has 3 nitrogen and oxygen atoms in total. The highest BCUT2D eigenvalue weighted by molar-refractivity contribution is 6.01. The van der Waals surface area contributed by atoms with Crippen LogP contribution in [0.15, 0.2) is 42.5 Å². The highest BCUT2D eigenvalue weighted by Gasteiger charge is 2.08. The first kappa shape index (κ1) is 12.7. The summed E-state index contributed by atoms with van der Waals surface area (Å²) in [5.74, 6) is -1.02. The molecule has 0 spiro atoms. The number of halogens is 1. The molecule has 0 saturated heterocycles. The Balaban J connectivity index is 2.95. The third-order valence-corrected chi connectivity index (χ3v) is 1.98. The zero-order chi connectivity index (χ0) is 12.7. The van der Waals surface area contributed by atoms with E-state index in [2.05, 4.69) is 11.9 Å². The minimum absolute atomic E-state index is 0.142. The molecule has 0 aliphatic rings. The Labute approximate surface area is 98.9 Å². The van der Waals surface area contributed by atoms with E-state index in [1.54, 1.807) is 12.1 Å². The van der Waals surface area contributed by atoms with Crippen molar-refractivity contribution in [2.45, 2.75) is 0 Å². The van der Waals surface area contributed by atoms with E-state index < -0.39 is 11.7 Å². The van der Waals surface area contributed by atoms with Crippen molar-refractivity contribution >= 4 is 12.0 Å². The Morgan fingerprint density at radius 3 is 2.82 bits per heavy atom. The molecule has 0 unspecified atom stereocenters. The SMILES string of the molecule is C=CCNC(=O)/C(C#N)=C\c1ccccc1F. The molecule has 0 radical (unpaired) electrons. The molecule has 1 aromatic carbocycles. The van der Waals surface area contributed by atoms with Gasteiger partial charge in [0.25, 0.3) is 5.91 Å². The summed E-state index contributed by atoms with van der Waals surface area (Å²) in [5.41, 5.74) is 0.0646. The van der Waals surface area contributed by atoms with Gasteiger partial charge < -0.3 is 5.32 Å². The second-order valence-electron chi connectivity index (χ2n) is 3.19. The second-order valence-corrected chi connectivity index (χ2v) is 3.19. The Kier molecular flexibility index (Phi) is 4.64. The van der Waals surface area contributed by atoms with E-state index in [1.807, 2.05) is 0 Å². The normalized spacial score (nSPS) is 10.5. The molecule has 1 rings (SSSR count). The summed E-state index contributed by atoms with van der Waals surface area (Å²) in [4.78, 5) is 11.5. The van der Waals surface area contributed by atoms with Crippen LogP contribution in [0.3, 0.4) is 0 Å². The van der Waals surface area contributed by atoms with Crippen LogP contribution in [0.4, 0.5) is 4.39 Å². The van der Waals surface area contributed by atoms with Crippen LogP contribution in [0, 0.1) is 17.1 Å². The summed E-state index contributed by atoms with van der Waals surface area (Å²) in [5, 5.41) is 11.3. The van der Waals surface area contributed by atoms with Crippen LogP contribution >= 0.6 is 0 Å². The summed E-state index contributed by atoms with van der Waals surface area (Å²) < 4.78 is 13.3. The number of rotatable bonds is 4. The minimum atomic E-state index is -0.546. The van der Waals surface area contributed by atoms with Crippen LogP contribution in [-0.2, 0) is 4.79 Å². The number of nitriles is 1. The fraction of sp³-hybridized carbons (Fsp3) is 0.0769. The third-order valence-electron chi connectivity index (χ3n) is 1.98. The summed E-state index contributed by atoms with van der Waals surface area (Å²) in [6.45, 7) is 3.70. The third kappa shape index (κ3) is 3.58. The van der Waals surface area contributed by atoms with Crippen molar-refractivity contribution in [1.29, 1.82) is 5.26 Å². The Bertz CT molecular complexity index is 500. The molecule has 1 amide bonds. The maximum Gasteiger partial charge on any atom is 0.262 e. The first-order valence-corrected chi connectivity index (χ1v) is 4.94. The summed E-state index contributed by atoms with van der Waals surface area (Å²) in [6, 6.07) is 7.66. The van der Waals surface area contributed by atoms with E-state index in [-0.39, 0.29) is 17.7 Å². The van der Waals surface area contributed by atoms with Gasteiger partial charge in [-0.15, -0.1) is 6.58 Å². The van der Waals surface area contributed by atoms with Gasteiger partial charge in [0.05, 0.1) is 0 Å². The number of hydrogen-bond donors (Lipinski definition) is 1. The van der Waals surface area contributed by atoms with Gasteiger partial charge in [0.2, 0.25) is 0 Å². The van der Waals surface area contributed by atoms with Crippen molar-refractivity contribution in [2.75, 3.05) is 6.54 Å². The van der Waals surface area contributed by atoms with Crippen molar-refractivity contribution in [3.05, 3.63) is 53.9 Å². The smallest absolute Gasteiger partial charge is 0.262 e. The van der Waals surface area contributed by atoms with Gasteiger partial charge in [0.15, 0.2) is 0 Å². The average molecular weight is 230 g/mol. The molecule has 1 N–H and O–H groups in total. The van der Waals surface area contributed by atoms with E-state index in [0.717, 1.165) is 0 Å². The zero-order valence-corrected chi connectivity index (χ0v) is 9.11. The Hall–Kier alpha value is -2.41. The van der Waals surface area contributed by atoms with Crippen molar-refractivity contribution in [3.8, 4) is 6.07 Å². The summed E-state index contributed by atoms with van der Waals surface area (Å²) in [6.07, 6.45) is 2.71. The standard InChI is InChI=1S/C13H11FN2O/c1-2-7-16-13(17)11(9-15)8-10-5-3-4-6-12(10)14/h2-6,8H,1,7H2,(H,16,17)/b11-8-. The molecule has 17 heavy (non-hydrogen) atoms. The monoisotopic (exact) mass is 230 g/mol. The number of hydrogen-bond acceptors (Lipinski definition) is 2. The maximum absolute atomic E-state index is 13.3. The fourth-order valence-electron chi connectivity index (χ4n) is 1.16. The number of amides is 1. The Morgan fingerprint density at radius 2 is 2.24 bits per heavy atom. The van der Waals surface area contributed by atoms with Crippen molar-refractivity contribution in [2.24, 2.45) is 0 Å². The van der Waals surface area contributed by atoms with Crippen molar-refractivity contribution in [3.63, 3.8) is 0 Å². The highest BCUT2D eigenvalue weighted by atomic mass is 19.1. The lowest BCUT2D eigenvalue weighted by Gasteiger charge is -2.01.